The van der Waals surface area contributed by atoms with Crippen molar-refractivity contribution < 1.29 is 5.11 Å². The van der Waals surface area contributed by atoms with E-state index < -0.39 is 0 Å². The van der Waals surface area contributed by atoms with Gasteiger partial charge in [-0.3, -0.25) is 4.68 Å². The molecule has 0 aliphatic heterocycles. The number of nitrogens with one attached hydrogen (secondary N) is 1. The Balaban J connectivity index is 2.59. The van der Waals surface area contributed by atoms with Crippen LogP contribution in [0.3, 0.4) is 0 Å². The lowest BCUT2D eigenvalue weighted by molar-refractivity contribution is 0.222. The van der Waals surface area contributed by atoms with Crippen molar-refractivity contribution in [1.82, 2.24) is 15.1 Å². The summed E-state index contributed by atoms with van der Waals surface area (Å²) in [5, 5.41) is 17.0. The van der Waals surface area contributed by atoms with Crippen molar-refractivity contribution in [2.75, 3.05) is 6.61 Å². The maximum Gasteiger partial charge on any atom is 0.0739 e. The molecule has 0 spiro atoms. The summed E-state index contributed by atoms with van der Waals surface area (Å²) in [4.78, 5) is 0. The lowest BCUT2D eigenvalue weighted by atomic mass is 10.0. The van der Waals surface area contributed by atoms with Crippen LogP contribution in [0.4, 0.5) is 0 Å². The quantitative estimate of drug-likeness (QED) is 0.845. The van der Waals surface area contributed by atoms with E-state index in [-0.39, 0.29) is 12.6 Å². The van der Waals surface area contributed by atoms with E-state index in [9.17, 15) is 5.11 Å². The molecule has 0 aliphatic rings. The summed E-state index contributed by atoms with van der Waals surface area (Å²) < 4.78 is 2.92. The third-order valence-electron chi connectivity index (χ3n) is 2.80. The molecule has 0 saturated heterocycles. The van der Waals surface area contributed by atoms with Gasteiger partial charge in [-0.05, 0) is 35.2 Å². The molecule has 0 radical (unpaired) electrons. The fourth-order valence-corrected chi connectivity index (χ4v) is 2.38. The number of hydrogen-bond donors (Lipinski definition) is 2. The third kappa shape index (κ3) is 4.08. The number of nitrogens with zero attached hydrogens (tertiary/aromatic N) is 2. The van der Waals surface area contributed by atoms with E-state index in [4.69, 9.17) is 0 Å². The van der Waals surface area contributed by atoms with Crippen LogP contribution in [0.15, 0.2) is 4.47 Å². The van der Waals surface area contributed by atoms with Crippen LogP contribution in [-0.2, 0) is 13.6 Å². The average molecular weight is 304 g/mol. The molecule has 1 heterocycles. The average Bonchev–Trinajstić information content (AvgIpc) is 2.49. The smallest absolute Gasteiger partial charge is 0.0739 e. The highest BCUT2D eigenvalue weighted by Gasteiger charge is 2.13. The van der Waals surface area contributed by atoms with Gasteiger partial charge in [0.2, 0.25) is 0 Å². The predicted molar refractivity (Wildman–Crippen MR) is 72.8 cm³/mol. The number of aromatic nitrogens is 2. The van der Waals surface area contributed by atoms with Gasteiger partial charge in [-0.1, -0.05) is 13.8 Å². The van der Waals surface area contributed by atoms with Crippen LogP contribution in [0.2, 0.25) is 0 Å². The first-order valence-electron chi connectivity index (χ1n) is 5.97. The number of hydrogen-bond acceptors (Lipinski definition) is 3. The van der Waals surface area contributed by atoms with Crippen molar-refractivity contribution in [3.05, 3.63) is 15.9 Å². The van der Waals surface area contributed by atoms with Crippen LogP contribution in [0, 0.1) is 12.8 Å². The highest BCUT2D eigenvalue weighted by Crippen LogP contribution is 2.20. The van der Waals surface area contributed by atoms with Gasteiger partial charge in [-0.15, -0.1) is 0 Å². The van der Waals surface area contributed by atoms with Crippen molar-refractivity contribution in [3.8, 4) is 0 Å². The second-order valence-corrected chi connectivity index (χ2v) is 5.65. The molecule has 1 unspecified atom stereocenters. The van der Waals surface area contributed by atoms with Crippen LogP contribution < -0.4 is 5.32 Å². The Hall–Kier alpha value is -0.390. The molecule has 0 bridgehead atoms. The molecule has 98 valence electrons. The van der Waals surface area contributed by atoms with Gasteiger partial charge >= 0.3 is 0 Å². The van der Waals surface area contributed by atoms with Gasteiger partial charge in [-0.2, -0.15) is 5.10 Å². The van der Waals surface area contributed by atoms with Gasteiger partial charge in [0.25, 0.3) is 0 Å². The molecule has 4 nitrogen and oxygen atoms in total. The van der Waals surface area contributed by atoms with Gasteiger partial charge < -0.3 is 10.4 Å². The highest BCUT2D eigenvalue weighted by molar-refractivity contribution is 9.10. The van der Waals surface area contributed by atoms with E-state index in [2.05, 4.69) is 40.2 Å². The molecule has 1 rings (SSSR count). The second-order valence-electron chi connectivity index (χ2n) is 4.86. The Bertz CT molecular complexity index is 363. The van der Waals surface area contributed by atoms with E-state index in [1.807, 2.05) is 18.7 Å². The monoisotopic (exact) mass is 303 g/mol. The summed E-state index contributed by atoms with van der Waals surface area (Å²) in [6.07, 6.45) is 0.977. The summed E-state index contributed by atoms with van der Waals surface area (Å²) in [7, 11) is 1.94. The molecule has 0 saturated carbocycles. The lowest BCUT2D eigenvalue weighted by Gasteiger charge is -2.18. The van der Waals surface area contributed by atoms with Gasteiger partial charge in [0, 0.05) is 19.6 Å². The number of aryl methyl sites for hydroxylation is 2. The van der Waals surface area contributed by atoms with E-state index in [1.54, 1.807) is 0 Å². The minimum Gasteiger partial charge on any atom is -0.395 e. The van der Waals surface area contributed by atoms with E-state index in [0.717, 1.165) is 28.8 Å². The number of aliphatic hydroxyl groups is 1. The summed E-state index contributed by atoms with van der Waals surface area (Å²) in [6.45, 7) is 7.19. The van der Waals surface area contributed by atoms with Crippen LogP contribution >= 0.6 is 15.9 Å². The molecular weight excluding hydrogens is 282 g/mol. The molecular formula is C12H22BrN3O. The fourth-order valence-electron chi connectivity index (χ4n) is 1.90. The van der Waals surface area contributed by atoms with Crippen molar-refractivity contribution in [3.63, 3.8) is 0 Å². The minimum atomic E-state index is 0.150. The van der Waals surface area contributed by atoms with Crippen molar-refractivity contribution >= 4 is 15.9 Å². The topological polar surface area (TPSA) is 50.1 Å². The van der Waals surface area contributed by atoms with Gasteiger partial charge in [0.15, 0.2) is 0 Å². The second kappa shape index (κ2) is 6.52. The maximum absolute atomic E-state index is 9.30. The van der Waals surface area contributed by atoms with E-state index in [1.165, 1.54) is 0 Å². The summed E-state index contributed by atoms with van der Waals surface area (Å²) in [5.41, 5.74) is 2.11. The van der Waals surface area contributed by atoms with Crippen molar-refractivity contribution in [1.29, 1.82) is 0 Å². The first-order valence-corrected chi connectivity index (χ1v) is 6.77. The Morgan fingerprint density at radius 1 is 1.47 bits per heavy atom. The predicted octanol–water partition coefficient (Wildman–Crippen LogP) is 1.99. The van der Waals surface area contributed by atoms with E-state index >= 15 is 0 Å². The van der Waals surface area contributed by atoms with Crippen molar-refractivity contribution in [2.45, 2.75) is 39.8 Å². The standard InChI is InChI=1S/C12H22BrN3O/c1-8(2)5-10(7-17)14-6-11-12(13)9(3)15-16(11)4/h8,10,14,17H,5-7H2,1-4H3. The first kappa shape index (κ1) is 14.7. The van der Waals surface area contributed by atoms with Crippen LogP contribution in [0.25, 0.3) is 0 Å². The van der Waals surface area contributed by atoms with E-state index in [0.29, 0.717) is 5.92 Å². The van der Waals surface area contributed by atoms with Gasteiger partial charge in [0.1, 0.15) is 0 Å². The van der Waals surface area contributed by atoms with Crippen LogP contribution in [0.5, 0.6) is 0 Å². The Morgan fingerprint density at radius 3 is 2.53 bits per heavy atom. The molecule has 5 heteroatoms. The Labute approximate surface area is 112 Å². The largest absolute Gasteiger partial charge is 0.395 e. The number of halogens is 1. The molecule has 17 heavy (non-hydrogen) atoms. The van der Waals surface area contributed by atoms with Crippen LogP contribution in [0.1, 0.15) is 31.7 Å². The minimum absolute atomic E-state index is 0.150. The molecule has 0 fully saturated rings. The zero-order chi connectivity index (χ0) is 13.0. The Morgan fingerprint density at radius 2 is 2.12 bits per heavy atom. The molecule has 0 aliphatic carbocycles. The highest BCUT2D eigenvalue weighted by atomic mass is 79.9. The molecule has 1 aromatic rings. The molecule has 1 aromatic heterocycles. The molecule has 0 aromatic carbocycles. The molecule has 1 atom stereocenters. The maximum atomic E-state index is 9.30. The van der Waals surface area contributed by atoms with Crippen molar-refractivity contribution in [2.24, 2.45) is 13.0 Å². The fraction of sp³-hybridized carbons (Fsp3) is 0.750. The molecule has 0 amide bonds. The molecule has 2 N–H and O–H groups in total. The summed E-state index contributed by atoms with van der Waals surface area (Å²) in [6, 6.07) is 0.150. The first-order chi connectivity index (χ1) is 7.95. The normalized spacial score (nSPS) is 13.4. The number of aliphatic hydroxyl groups excluding tert-OH is 1. The van der Waals surface area contributed by atoms with Crippen LogP contribution in [-0.4, -0.2) is 27.5 Å². The number of rotatable bonds is 6. The van der Waals surface area contributed by atoms with Gasteiger partial charge in [0.05, 0.1) is 22.5 Å². The van der Waals surface area contributed by atoms with Gasteiger partial charge in [-0.25, -0.2) is 0 Å². The zero-order valence-electron chi connectivity index (χ0n) is 11.0. The Kier molecular flexibility index (Phi) is 5.62. The summed E-state index contributed by atoms with van der Waals surface area (Å²) in [5.74, 6) is 0.580. The lowest BCUT2D eigenvalue weighted by Crippen LogP contribution is -2.33. The summed E-state index contributed by atoms with van der Waals surface area (Å²) >= 11 is 3.54. The third-order valence-corrected chi connectivity index (χ3v) is 3.83. The zero-order valence-corrected chi connectivity index (χ0v) is 12.6. The SMILES string of the molecule is Cc1nn(C)c(CNC(CO)CC(C)C)c1Br.